The maximum Gasteiger partial charge on any atom is 0.319 e. The Labute approximate surface area is 158 Å². The Kier molecular flexibility index (Phi) is 6.65. The van der Waals surface area contributed by atoms with Gasteiger partial charge in [0.25, 0.3) is 5.91 Å². The lowest BCUT2D eigenvalue weighted by atomic mass is 10.1. The number of nitrogens with two attached hydrogens (primary N) is 1. The average Bonchev–Trinajstić information content (AvgIpc) is 3.27. The van der Waals surface area contributed by atoms with Crippen LogP contribution >= 0.6 is 12.4 Å². The van der Waals surface area contributed by atoms with E-state index in [-0.39, 0.29) is 36.9 Å². The number of carbonyl (C=O) groups excluding carboxylic acids is 2. The zero-order chi connectivity index (χ0) is 17.8. The van der Waals surface area contributed by atoms with Crippen LogP contribution in [0.4, 0.5) is 10.5 Å². The molecule has 3 rings (SSSR count). The molecule has 0 bridgehead atoms. The van der Waals surface area contributed by atoms with Gasteiger partial charge in [-0.25, -0.2) is 4.79 Å². The van der Waals surface area contributed by atoms with E-state index in [0.717, 1.165) is 18.4 Å². The average molecular weight is 379 g/mol. The molecule has 1 aliphatic carbocycles. The quantitative estimate of drug-likeness (QED) is 0.619. The highest BCUT2D eigenvalue weighted by Crippen LogP contribution is 2.20. The molecular weight excluding hydrogens is 356 g/mol. The van der Waals surface area contributed by atoms with Gasteiger partial charge in [0, 0.05) is 11.7 Å². The third-order valence-electron chi connectivity index (χ3n) is 4.05. The molecule has 0 spiro atoms. The molecule has 0 radical (unpaired) electrons. The van der Waals surface area contributed by atoms with E-state index in [1.165, 1.54) is 6.26 Å². The van der Waals surface area contributed by atoms with Crippen molar-refractivity contribution in [3.8, 4) is 0 Å². The van der Waals surface area contributed by atoms with Crippen LogP contribution in [0.1, 0.15) is 47.5 Å². The van der Waals surface area contributed by atoms with Gasteiger partial charge in [0.05, 0.1) is 18.2 Å². The number of carbonyl (C=O) groups is 2. The number of nitrogens with one attached hydrogen (secondary N) is 3. The molecular formula is C18H23ClN4O3. The second kappa shape index (κ2) is 8.73. The maximum atomic E-state index is 12.2. The van der Waals surface area contributed by atoms with Crippen molar-refractivity contribution in [2.75, 3.05) is 5.32 Å². The van der Waals surface area contributed by atoms with Gasteiger partial charge < -0.3 is 26.1 Å². The topological polar surface area (TPSA) is 109 Å². The fourth-order valence-corrected chi connectivity index (χ4v) is 2.41. The Morgan fingerprint density at radius 3 is 2.54 bits per heavy atom. The van der Waals surface area contributed by atoms with Crippen LogP contribution in [0.3, 0.4) is 0 Å². The minimum Gasteiger partial charge on any atom is -0.467 e. The molecule has 5 N–H and O–H groups in total. The van der Waals surface area contributed by atoms with Gasteiger partial charge in [0.1, 0.15) is 12.0 Å². The van der Waals surface area contributed by atoms with Crippen molar-refractivity contribution in [2.24, 2.45) is 5.73 Å². The smallest absolute Gasteiger partial charge is 0.319 e. The Morgan fingerprint density at radius 2 is 1.96 bits per heavy atom. The molecule has 7 nitrogen and oxygen atoms in total. The summed E-state index contributed by atoms with van der Waals surface area (Å²) in [5.41, 5.74) is 7.57. The first-order valence-electron chi connectivity index (χ1n) is 8.31. The second-order valence-corrected chi connectivity index (χ2v) is 6.20. The monoisotopic (exact) mass is 378 g/mol. The molecule has 1 aromatic carbocycles. The molecule has 140 valence electrons. The first kappa shape index (κ1) is 19.8. The molecule has 0 saturated heterocycles. The molecule has 1 heterocycles. The van der Waals surface area contributed by atoms with Crippen molar-refractivity contribution < 1.29 is 14.0 Å². The molecule has 1 unspecified atom stereocenters. The summed E-state index contributed by atoms with van der Waals surface area (Å²) in [5.74, 6) is 0.347. The molecule has 1 atom stereocenters. The SMILES string of the molecule is CC(NC(=O)c1coc(CN)c1)c1ccc(NC(=O)NC2CC2)cc1.Cl. The molecule has 1 aliphatic rings. The van der Waals surface area contributed by atoms with Crippen LogP contribution in [0.2, 0.25) is 0 Å². The summed E-state index contributed by atoms with van der Waals surface area (Å²) in [6, 6.07) is 8.95. The summed E-state index contributed by atoms with van der Waals surface area (Å²) >= 11 is 0. The number of benzene rings is 1. The van der Waals surface area contributed by atoms with Crippen molar-refractivity contribution in [3.63, 3.8) is 0 Å². The third-order valence-corrected chi connectivity index (χ3v) is 4.05. The van der Waals surface area contributed by atoms with Gasteiger partial charge >= 0.3 is 6.03 Å². The Hall–Kier alpha value is -2.51. The van der Waals surface area contributed by atoms with Crippen LogP contribution in [-0.4, -0.2) is 18.0 Å². The van der Waals surface area contributed by atoms with Crippen molar-refractivity contribution >= 4 is 30.0 Å². The molecule has 1 saturated carbocycles. The molecule has 8 heteroatoms. The molecule has 0 aliphatic heterocycles. The van der Waals surface area contributed by atoms with Gasteiger partial charge in [-0.15, -0.1) is 12.4 Å². The van der Waals surface area contributed by atoms with Crippen LogP contribution in [0.15, 0.2) is 41.0 Å². The lowest BCUT2D eigenvalue weighted by molar-refractivity contribution is 0.0939. The van der Waals surface area contributed by atoms with Crippen molar-refractivity contribution in [1.82, 2.24) is 10.6 Å². The summed E-state index contributed by atoms with van der Waals surface area (Å²) < 4.78 is 5.17. The minimum atomic E-state index is -0.220. The van der Waals surface area contributed by atoms with Crippen LogP contribution < -0.4 is 21.7 Å². The van der Waals surface area contributed by atoms with Crippen molar-refractivity contribution in [1.29, 1.82) is 0 Å². The van der Waals surface area contributed by atoms with E-state index in [1.807, 2.05) is 31.2 Å². The number of urea groups is 1. The Bertz CT molecular complexity index is 756. The molecule has 1 aromatic heterocycles. The van der Waals surface area contributed by atoms with Crippen LogP contribution in [-0.2, 0) is 6.54 Å². The van der Waals surface area contributed by atoms with Crippen molar-refractivity contribution in [3.05, 3.63) is 53.5 Å². The van der Waals surface area contributed by atoms with E-state index in [9.17, 15) is 9.59 Å². The molecule has 26 heavy (non-hydrogen) atoms. The lowest BCUT2D eigenvalue weighted by Gasteiger charge is -2.14. The first-order valence-corrected chi connectivity index (χ1v) is 8.31. The van der Waals surface area contributed by atoms with Crippen LogP contribution in [0, 0.1) is 0 Å². The number of halogens is 1. The van der Waals surface area contributed by atoms with Gasteiger partial charge in [-0.05, 0) is 43.5 Å². The number of hydrogen-bond donors (Lipinski definition) is 4. The summed E-state index contributed by atoms with van der Waals surface area (Å²) in [5, 5.41) is 8.56. The summed E-state index contributed by atoms with van der Waals surface area (Å²) in [6.07, 6.45) is 3.50. The van der Waals surface area contributed by atoms with Gasteiger partial charge in [0.15, 0.2) is 0 Å². The number of furan rings is 1. The minimum absolute atomic E-state index is 0. The van der Waals surface area contributed by atoms with E-state index < -0.39 is 0 Å². The van der Waals surface area contributed by atoms with Gasteiger partial charge in [-0.3, -0.25) is 4.79 Å². The fraction of sp³-hybridized carbons (Fsp3) is 0.333. The third kappa shape index (κ3) is 5.24. The number of hydrogen-bond acceptors (Lipinski definition) is 4. The highest BCUT2D eigenvalue weighted by atomic mass is 35.5. The predicted octanol–water partition coefficient (Wildman–Crippen LogP) is 2.94. The van der Waals surface area contributed by atoms with Gasteiger partial charge in [-0.1, -0.05) is 12.1 Å². The second-order valence-electron chi connectivity index (χ2n) is 6.20. The van der Waals surface area contributed by atoms with E-state index in [2.05, 4.69) is 16.0 Å². The van der Waals surface area contributed by atoms with Crippen molar-refractivity contribution in [2.45, 2.75) is 38.4 Å². The van der Waals surface area contributed by atoms with E-state index in [0.29, 0.717) is 23.1 Å². The highest BCUT2D eigenvalue weighted by Gasteiger charge is 2.23. The number of amides is 3. The van der Waals surface area contributed by atoms with E-state index >= 15 is 0 Å². The zero-order valence-electron chi connectivity index (χ0n) is 14.5. The largest absolute Gasteiger partial charge is 0.467 e. The van der Waals surface area contributed by atoms with E-state index in [1.54, 1.807) is 6.07 Å². The highest BCUT2D eigenvalue weighted by molar-refractivity contribution is 5.94. The fourth-order valence-electron chi connectivity index (χ4n) is 2.41. The first-order chi connectivity index (χ1) is 12.0. The lowest BCUT2D eigenvalue weighted by Crippen LogP contribution is -2.30. The van der Waals surface area contributed by atoms with E-state index in [4.69, 9.17) is 10.2 Å². The summed E-state index contributed by atoms with van der Waals surface area (Å²) in [4.78, 5) is 23.9. The predicted molar refractivity (Wildman–Crippen MR) is 101 cm³/mol. The standard InChI is InChI=1S/C18H22N4O3.ClH/c1-11(20-17(23)13-8-16(9-19)25-10-13)12-2-4-14(5-3-12)21-18(24)22-15-6-7-15;/h2-5,8,10-11,15H,6-7,9,19H2,1H3,(H,20,23)(H2,21,22,24);1H. The van der Waals surface area contributed by atoms with Gasteiger partial charge in [0.2, 0.25) is 0 Å². The Balaban J connectivity index is 0.00000243. The number of rotatable bonds is 6. The number of anilines is 1. The van der Waals surface area contributed by atoms with Crippen LogP contribution in [0.25, 0.3) is 0 Å². The molecule has 1 fully saturated rings. The Morgan fingerprint density at radius 1 is 1.27 bits per heavy atom. The summed E-state index contributed by atoms with van der Waals surface area (Å²) in [6.45, 7) is 2.15. The maximum absolute atomic E-state index is 12.2. The van der Waals surface area contributed by atoms with Crippen LogP contribution in [0.5, 0.6) is 0 Å². The molecule has 2 aromatic rings. The zero-order valence-corrected chi connectivity index (χ0v) is 15.3. The normalized spacial score (nSPS) is 14.1. The van der Waals surface area contributed by atoms with Gasteiger partial charge in [-0.2, -0.15) is 0 Å². The summed E-state index contributed by atoms with van der Waals surface area (Å²) in [7, 11) is 0. The molecule has 3 amide bonds.